The average Bonchev–Trinajstić information content (AvgIpc) is 2.26. The van der Waals surface area contributed by atoms with Crippen molar-refractivity contribution in [3.63, 3.8) is 0 Å². The van der Waals surface area contributed by atoms with Crippen molar-refractivity contribution in [2.75, 3.05) is 23.4 Å². The molecule has 0 saturated carbocycles. The molecule has 1 heterocycles. The molecule has 1 aliphatic heterocycles. The Labute approximate surface area is 95.1 Å². The number of nitrogens with one attached hydrogen (secondary N) is 1. The van der Waals surface area contributed by atoms with Gasteiger partial charge in [-0.2, -0.15) is 12.6 Å². The number of aryl methyl sites for hydroxylation is 1. The number of hydrogen-bond acceptors (Lipinski definition) is 3. The highest BCUT2D eigenvalue weighted by atomic mass is 32.2. The van der Waals surface area contributed by atoms with E-state index in [1.165, 1.54) is 21.9 Å². The summed E-state index contributed by atoms with van der Waals surface area (Å²) < 4.78 is 0. The van der Waals surface area contributed by atoms with E-state index in [1.807, 2.05) is 11.8 Å². The third-order valence-electron chi connectivity index (χ3n) is 2.34. The van der Waals surface area contributed by atoms with Crippen molar-refractivity contribution in [3.05, 3.63) is 23.8 Å². The molecule has 0 fully saturated rings. The van der Waals surface area contributed by atoms with Gasteiger partial charge in [0.15, 0.2) is 0 Å². The van der Waals surface area contributed by atoms with Crippen LogP contribution in [0.5, 0.6) is 0 Å². The van der Waals surface area contributed by atoms with Crippen molar-refractivity contribution in [1.82, 2.24) is 0 Å². The number of rotatable bonds is 3. The van der Waals surface area contributed by atoms with Gasteiger partial charge in [-0.3, -0.25) is 0 Å². The minimum atomic E-state index is 0.971. The zero-order valence-corrected chi connectivity index (χ0v) is 9.83. The lowest BCUT2D eigenvalue weighted by molar-refractivity contribution is 0.933. The predicted molar refractivity (Wildman–Crippen MR) is 67.8 cm³/mol. The van der Waals surface area contributed by atoms with Crippen LogP contribution in [0.15, 0.2) is 23.1 Å². The first-order valence-corrected chi connectivity index (χ1v) is 6.62. The summed E-state index contributed by atoms with van der Waals surface area (Å²) in [7, 11) is 0. The smallest absolute Gasteiger partial charge is 0.0481 e. The van der Waals surface area contributed by atoms with Crippen molar-refractivity contribution in [1.29, 1.82) is 0 Å². The van der Waals surface area contributed by atoms with Gasteiger partial charge in [0.2, 0.25) is 0 Å². The van der Waals surface area contributed by atoms with Crippen LogP contribution in [0.3, 0.4) is 0 Å². The van der Waals surface area contributed by atoms with E-state index in [0.717, 1.165) is 25.1 Å². The SMILES string of the molecule is SCCCc1ccc2c(c1)NCCS2. The Morgan fingerprint density at radius 3 is 3.21 bits per heavy atom. The highest BCUT2D eigenvalue weighted by Crippen LogP contribution is 2.31. The predicted octanol–water partition coefficient (Wildman–Crippen LogP) is 3.07. The molecule has 0 atom stereocenters. The van der Waals surface area contributed by atoms with E-state index in [4.69, 9.17) is 0 Å². The minimum absolute atomic E-state index is 0.971. The first-order valence-electron chi connectivity index (χ1n) is 5.00. The Hall–Kier alpha value is -0.280. The molecule has 3 heteroatoms. The van der Waals surface area contributed by atoms with E-state index < -0.39 is 0 Å². The molecular weight excluding hydrogens is 210 g/mol. The summed E-state index contributed by atoms with van der Waals surface area (Å²) in [5.74, 6) is 2.16. The fraction of sp³-hybridized carbons (Fsp3) is 0.455. The number of hydrogen-bond donors (Lipinski definition) is 2. The van der Waals surface area contributed by atoms with Crippen molar-refractivity contribution < 1.29 is 0 Å². The van der Waals surface area contributed by atoms with Crippen molar-refractivity contribution in [2.45, 2.75) is 17.7 Å². The summed E-state index contributed by atoms with van der Waals surface area (Å²) in [5, 5.41) is 3.44. The topological polar surface area (TPSA) is 12.0 Å². The highest BCUT2D eigenvalue weighted by Gasteiger charge is 2.08. The quantitative estimate of drug-likeness (QED) is 0.767. The van der Waals surface area contributed by atoms with Gasteiger partial charge in [0.1, 0.15) is 0 Å². The molecule has 14 heavy (non-hydrogen) atoms. The molecule has 1 aromatic rings. The molecule has 0 spiro atoms. The molecule has 76 valence electrons. The van der Waals surface area contributed by atoms with E-state index in [1.54, 1.807) is 0 Å². The first-order chi connectivity index (χ1) is 6.90. The molecule has 0 radical (unpaired) electrons. The number of anilines is 1. The van der Waals surface area contributed by atoms with E-state index in [-0.39, 0.29) is 0 Å². The lowest BCUT2D eigenvalue weighted by Crippen LogP contribution is -2.10. The second kappa shape index (κ2) is 4.99. The molecule has 1 aromatic carbocycles. The number of benzene rings is 1. The number of thiol groups is 1. The fourth-order valence-corrected chi connectivity index (χ4v) is 2.66. The summed E-state index contributed by atoms with van der Waals surface area (Å²) in [6, 6.07) is 6.76. The minimum Gasteiger partial charge on any atom is -0.383 e. The molecule has 0 bridgehead atoms. The zero-order chi connectivity index (χ0) is 9.80. The summed E-state index contributed by atoms with van der Waals surface area (Å²) >= 11 is 6.17. The van der Waals surface area contributed by atoms with Gasteiger partial charge in [0, 0.05) is 22.9 Å². The number of fused-ring (bicyclic) bond motifs is 1. The second-order valence-electron chi connectivity index (χ2n) is 3.43. The van der Waals surface area contributed by atoms with Crippen LogP contribution < -0.4 is 5.32 Å². The lowest BCUT2D eigenvalue weighted by Gasteiger charge is -2.18. The fourth-order valence-electron chi connectivity index (χ4n) is 1.63. The maximum absolute atomic E-state index is 4.23. The van der Waals surface area contributed by atoms with Gasteiger partial charge >= 0.3 is 0 Å². The van der Waals surface area contributed by atoms with Crippen LogP contribution in [-0.2, 0) is 6.42 Å². The molecule has 0 aromatic heterocycles. The van der Waals surface area contributed by atoms with Gasteiger partial charge in [0.25, 0.3) is 0 Å². The maximum Gasteiger partial charge on any atom is 0.0481 e. The Morgan fingerprint density at radius 2 is 2.36 bits per heavy atom. The van der Waals surface area contributed by atoms with Gasteiger partial charge in [0.05, 0.1) is 0 Å². The Balaban J connectivity index is 2.12. The van der Waals surface area contributed by atoms with Gasteiger partial charge in [-0.15, -0.1) is 11.8 Å². The van der Waals surface area contributed by atoms with E-state index in [2.05, 4.69) is 36.1 Å². The molecule has 0 amide bonds. The van der Waals surface area contributed by atoms with Crippen LogP contribution in [0, 0.1) is 0 Å². The summed E-state index contributed by atoms with van der Waals surface area (Å²) in [6.45, 7) is 1.09. The monoisotopic (exact) mass is 225 g/mol. The van der Waals surface area contributed by atoms with E-state index in [9.17, 15) is 0 Å². The summed E-state index contributed by atoms with van der Waals surface area (Å²) in [4.78, 5) is 1.39. The normalized spacial score (nSPS) is 14.6. The van der Waals surface area contributed by atoms with Crippen molar-refractivity contribution in [2.24, 2.45) is 0 Å². The van der Waals surface area contributed by atoms with Crippen LogP contribution in [0.1, 0.15) is 12.0 Å². The number of thioether (sulfide) groups is 1. The van der Waals surface area contributed by atoms with Gasteiger partial charge in [-0.1, -0.05) is 6.07 Å². The standard InChI is InChI=1S/C11H15NS2/c13-6-1-2-9-3-4-11-10(8-9)12-5-7-14-11/h3-4,8,12-13H,1-2,5-7H2. The molecule has 1 aliphatic rings. The van der Waals surface area contributed by atoms with Crippen LogP contribution in [0.25, 0.3) is 0 Å². The largest absolute Gasteiger partial charge is 0.383 e. The molecular formula is C11H15NS2. The third-order valence-corrected chi connectivity index (χ3v) is 3.73. The average molecular weight is 225 g/mol. The molecule has 0 unspecified atom stereocenters. The van der Waals surface area contributed by atoms with E-state index in [0.29, 0.717) is 0 Å². The Kier molecular flexibility index (Phi) is 3.65. The molecule has 0 saturated heterocycles. The third kappa shape index (κ3) is 2.39. The van der Waals surface area contributed by atoms with Gasteiger partial charge < -0.3 is 5.32 Å². The maximum atomic E-state index is 4.23. The second-order valence-corrected chi connectivity index (χ2v) is 5.02. The van der Waals surface area contributed by atoms with Crippen molar-refractivity contribution in [3.8, 4) is 0 Å². The van der Waals surface area contributed by atoms with Crippen LogP contribution in [-0.4, -0.2) is 18.1 Å². The van der Waals surface area contributed by atoms with Crippen LogP contribution >= 0.6 is 24.4 Å². The Bertz CT molecular complexity index is 312. The van der Waals surface area contributed by atoms with Gasteiger partial charge in [-0.25, -0.2) is 0 Å². The van der Waals surface area contributed by atoms with Crippen LogP contribution in [0.2, 0.25) is 0 Å². The highest BCUT2D eigenvalue weighted by molar-refractivity contribution is 7.99. The van der Waals surface area contributed by atoms with Crippen LogP contribution in [0.4, 0.5) is 5.69 Å². The Morgan fingerprint density at radius 1 is 1.43 bits per heavy atom. The zero-order valence-electron chi connectivity index (χ0n) is 8.12. The van der Waals surface area contributed by atoms with Crippen molar-refractivity contribution >= 4 is 30.1 Å². The molecule has 1 N–H and O–H groups in total. The van der Waals surface area contributed by atoms with Gasteiger partial charge in [-0.05, 0) is 36.3 Å². The van der Waals surface area contributed by atoms with E-state index >= 15 is 0 Å². The lowest BCUT2D eigenvalue weighted by atomic mass is 10.1. The molecule has 2 rings (SSSR count). The summed E-state index contributed by atoms with van der Waals surface area (Å²) in [5.41, 5.74) is 2.74. The molecule has 1 nitrogen and oxygen atoms in total. The first kappa shape index (κ1) is 10.2. The molecule has 0 aliphatic carbocycles. The summed E-state index contributed by atoms with van der Waals surface area (Å²) in [6.07, 6.45) is 2.30.